The first kappa shape index (κ1) is 15.7. The first-order valence-corrected chi connectivity index (χ1v) is 3.71. The van der Waals surface area contributed by atoms with Gasteiger partial charge < -0.3 is 0 Å². The molecule has 0 bridgehead atoms. The van der Waals surface area contributed by atoms with Crippen molar-refractivity contribution in [1.29, 1.82) is 0 Å². The molecule has 27 valence electrons. The van der Waals surface area contributed by atoms with Crippen molar-refractivity contribution >= 4 is 3.18 Å². The Kier molecular flexibility index (Phi) is 64.2. The van der Waals surface area contributed by atoms with Crippen LogP contribution in [0.2, 0.25) is 0 Å². The molecule has 0 amide bonds. The van der Waals surface area contributed by atoms with E-state index in [1.165, 1.54) is 38.5 Å². The van der Waals surface area contributed by atoms with Crippen LogP contribution in [0.15, 0.2) is 0 Å². The summed E-state index contributed by atoms with van der Waals surface area (Å²) in [5.41, 5.74) is 0. The summed E-state index contributed by atoms with van der Waals surface area (Å²) >= 11 is 1.31. The second-order valence-corrected chi connectivity index (χ2v) is 0. The van der Waals surface area contributed by atoms with E-state index in [1.807, 2.05) is 0 Å². The van der Waals surface area contributed by atoms with Crippen LogP contribution in [0.1, 0.15) is 0 Å². The summed E-state index contributed by atoms with van der Waals surface area (Å²) in [7, 11) is 0. The smallest absolute Gasteiger partial charge is 0 e. The van der Waals surface area contributed by atoms with Crippen LogP contribution in [-0.4, -0.2) is 3.18 Å². The molecular formula is H2BDyFeNd. The summed E-state index contributed by atoms with van der Waals surface area (Å²) in [6.07, 6.45) is 0. The summed E-state index contributed by atoms with van der Waals surface area (Å²) in [5, 5.41) is 0. The van der Waals surface area contributed by atoms with E-state index < -0.39 is 0 Å². The molecule has 0 heterocycles. The molecule has 0 aromatic carbocycles. The summed E-state index contributed by atoms with van der Waals surface area (Å²) in [6.45, 7) is 0. The predicted octanol–water partition coefficient (Wildman–Crippen LogP) is -0.919. The Labute approximate surface area is 94.2 Å². The van der Waals surface area contributed by atoms with E-state index in [9.17, 15) is 0 Å². The third-order valence-electron chi connectivity index (χ3n) is 0. The zero-order valence-electron chi connectivity index (χ0n) is 2.17. The fraction of sp³-hybridized carbons (Fsp3) is 0. The number of hydrogen-bond donors (Lipinski definition) is 0. The SMILES string of the molecule is [BH2][Nd].[Dy].[Fe]. The molecule has 4 heavy (non-hydrogen) atoms. The normalized spacial score (nSPS) is 0.750. The second-order valence-electron chi connectivity index (χ2n) is 0. The van der Waals surface area contributed by atoms with E-state index in [1.54, 1.807) is 0 Å². The Morgan fingerprint density at radius 2 is 1.25 bits per heavy atom. The summed E-state index contributed by atoms with van der Waals surface area (Å²) in [5.74, 6) is 0. The van der Waals surface area contributed by atoms with Gasteiger partial charge in [0.2, 0.25) is 0 Å². The van der Waals surface area contributed by atoms with Crippen LogP contribution in [0.4, 0.5) is 0 Å². The first-order chi connectivity index (χ1) is 1.00. The van der Waals surface area contributed by atoms with Crippen LogP contribution in [0.5, 0.6) is 0 Å². The van der Waals surface area contributed by atoms with Crippen molar-refractivity contribution in [3.05, 3.63) is 0 Å². The molecule has 0 rings (SSSR count). The average Bonchev–Trinajstić information content (AvgIpc) is 1.00. The van der Waals surface area contributed by atoms with Gasteiger partial charge in [0.05, 0.1) is 0 Å². The monoisotopic (exact) mass is 375 g/mol. The van der Waals surface area contributed by atoms with Crippen LogP contribution in [0.25, 0.3) is 0 Å². The third kappa shape index (κ3) is 8.96. The topological polar surface area (TPSA) is 0 Å². The average molecular weight is 375 g/mol. The van der Waals surface area contributed by atoms with Crippen LogP contribution in [0.3, 0.4) is 0 Å². The predicted molar refractivity (Wildman–Crippen MR) is 8.54 cm³/mol. The molecule has 0 aliphatic rings. The van der Waals surface area contributed by atoms with Crippen molar-refractivity contribution < 1.29 is 93.7 Å². The zero-order valence-corrected chi connectivity index (χ0v) is 8.51. The van der Waals surface area contributed by atoms with E-state index in [4.69, 9.17) is 0 Å². The Hall–Kier alpha value is 3.21. The fourth-order valence-electron chi connectivity index (χ4n) is 0. The van der Waals surface area contributed by atoms with Gasteiger partial charge in [-0.1, -0.05) is 0 Å². The van der Waals surface area contributed by atoms with Gasteiger partial charge in [-0.25, -0.2) is 0 Å². The molecule has 0 nitrogen and oxygen atoms in total. The maximum absolute atomic E-state index is 2.14. The second kappa shape index (κ2) is 16.4. The van der Waals surface area contributed by atoms with Crippen molar-refractivity contribution in [3.63, 3.8) is 0 Å². The largest absolute Gasteiger partial charge is 0 e. The van der Waals surface area contributed by atoms with Gasteiger partial charge in [0, 0.05) is 55.2 Å². The summed E-state index contributed by atoms with van der Waals surface area (Å²) < 4.78 is 2.14. The number of rotatable bonds is 0. The molecule has 0 aliphatic carbocycles. The summed E-state index contributed by atoms with van der Waals surface area (Å²) in [4.78, 5) is 0. The van der Waals surface area contributed by atoms with Crippen molar-refractivity contribution in [1.82, 2.24) is 0 Å². The Balaban J connectivity index is -0.00000000500. The molecule has 0 aromatic rings. The standard InChI is InChI=1S/BH2.Dy.Fe.Nd/h1H2;;;/q+1;;;-1. The van der Waals surface area contributed by atoms with E-state index in [2.05, 4.69) is 3.18 Å². The quantitative estimate of drug-likeness (QED) is 0.481. The van der Waals surface area contributed by atoms with Crippen LogP contribution < -0.4 is 0 Å². The molecule has 0 saturated heterocycles. The molecule has 0 aliphatic heterocycles. The van der Waals surface area contributed by atoms with Crippen molar-refractivity contribution in [2.75, 3.05) is 0 Å². The van der Waals surface area contributed by atoms with Gasteiger partial charge in [-0.15, -0.1) is 0 Å². The molecule has 0 fully saturated rings. The maximum atomic E-state index is 2.14. The van der Waals surface area contributed by atoms with Crippen molar-refractivity contribution in [2.45, 2.75) is 0 Å². The van der Waals surface area contributed by atoms with Crippen LogP contribution >= 0.6 is 0 Å². The van der Waals surface area contributed by atoms with E-state index in [-0.39, 0.29) is 55.2 Å². The van der Waals surface area contributed by atoms with Crippen molar-refractivity contribution in [3.8, 4) is 0 Å². The summed E-state index contributed by atoms with van der Waals surface area (Å²) in [6, 6.07) is 0. The minimum atomic E-state index is 0. The van der Waals surface area contributed by atoms with Gasteiger partial charge in [0.15, 0.2) is 0 Å². The molecule has 0 radical (unpaired) electrons. The van der Waals surface area contributed by atoms with Crippen LogP contribution in [-0.2, 0) is 17.1 Å². The maximum Gasteiger partial charge on any atom is 0 e. The van der Waals surface area contributed by atoms with Gasteiger partial charge in [0.1, 0.15) is 0 Å². The van der Waals surface area contributed by atoms with Crippen molar-refractivity contribution in [2.24, 2.45) is 0 Å². The minimum Gasteiger partial charge on any atom is 0 e. The Morgan fingerprint density at radius 1 is 1.25 bits per heavy atom. The van der Waals surface area contributed by atoms with Crippen LogP contribution in [0, 0.1) is 76.6 Å². The van der Waals surface area contributed by atoms with Gasteiger partial charge in [-0.2, -0.15) is 0 Å². The fourth-order valence-corrected chi connectivity index (χ4v) is 0. The Morgan fingerprint density at radius 3 is 1.25 bits per heavy atom. The molecule has 4 heteroatoms. The molecule has 0 aromatic heterocycles. The molecule has 0 unspecified atom stereocenters. The molecule has 0 N–H and O–H groups in total. The van der Waals surface area contributed by atoms with E-state index >= 15 is 0 Å². The van der Waals surface area contributed by atoms with E-state index in [0.717, 1.165) is 0 Å². The third-order valence-corrected chi connectivity index (χ3v) is 0. The molecule has 0 spiro atoms. The van der Waals surface area contributed by atoms with Gasteiger partial charge in [-0.05, 0) is 0 Å². The minimum absolute atomic E-state index is 0. The van der Waals surface area contributed by atoms with Gasteiger partial charge >= 0.3 is 41.7 Å². The molecule has 0 atom stereocenters. The number of hydrogen-bond acceptors (Lipinski definition) is 0. The van der Waals surface area contributed by atoms with E-state index in [0.29, 0.717) is 0 Å². The first-order valence-electron chi connectivity index (χ1n) is 0.500. The molecular weight excluding hydrogens is 373 g/mol. The molecule has 0 saturated carbocycles. The van der Waals surface area contributed by atoms with Gasteiger partial charge in [-0.3, -0.25) is 0 Å². The Bertz CT molecular complexity index is 8.00. The van der Waals surface area contributed by atoms with Gasteiger partial charge in [0.25, 0.3) is 0 Å². The zero-order chi connectivity index (χ0) is 2.00.